The third kappa shape index (κ3) is 3.23. The fraction of sp³-hybridized carbons (Fsp3) is 0.833. The normalized spacial score (nSPS) is 20.1. The summed E-state index contributed by atoms with van der Waals surface area (Å²) in [6.07, 6.45) is 7.19. The Morgan fingerprint density at radius 1 is 1.33 bits per heavy atom. The summed E-state index contributed by atoms with van der Waals surface area (Å²) >= 11 is 0. The zero-order chi connectivity index (χ0) is 11.3. The highest BCUT2D eigenvalue weighted by molar-refractivity contribution is 5.80. The van der Waals surface area contributed by atoms with Gasteiger partial charge in [-0.1, -0.05) is 25.7 Å². The van der Waals surface area contributed by atoms with Crippen LogP contribution in [0.2, 0.25) is 0 Å². The van der Waals surface area contributed by atoms with E-state index in [1.54, 1.807) is 11.8 Å². The van der Waals surface area contributed by atoms with Gasteiger partial charge >= 0.3 is 0 Å². The Hall–Kier alpha value is -1.04. The van der Waals surface area contributed by atoms with Crippen LogP contribution >= 0.6 is 0 Å². The van der Waals surface area contributed by atoms with Crippen LogP contribution in [-0.2, 0) is 4.79 Å². The van der Waals surface area contributed by atoms with Crippen molar-refractivity contribution in [3.05, 3.63) is 0 Å². The van der Waals surface area contributed by atoms with E-state index in [9.17, 15) is 4.79 Å². The van der Waals surface area contributed by atoms with Crippen molar-refractivity contribution in [1.82, 2.24) is 4.90 Å². The SMILES string of the molecule is CC(C#N)C(=O)N(C)C1CCCCCC1. The first-order chi connectivity index (χ1) is 7.16. The van der Waals surface area contributed by atoms with Crippen LogP contribution in [0, 0.1) is 17.2 Å². The predicted molar refractivity (Wildman–Crippen MR) is 59.0 cm³/mol. The van der Waals surface area contributed by atoms with Crippen LogP contribution in [0.3, 0.4) is 0 Å². The highest BCUT2D eigenvalue weighted by Gasteiger charge is 2.24. The molecular formula is C12H20N2O. The topological polar surface area (TPSA) is 44.1 Å². The van der Waals surface area contributed by atoms with Crippen molar-refractivity contribution in [1.29, 1.82) is 5.26 Å². The molecular weight excluding hydrogens is 188 g/mol. The Kier molecular flexibility index (Phi) is 4.61. The minimum absolute atomic E-state index is 0.0237. The maximum Gasteiger partial charge on any atom is 0.239 e. The molecule has 84 valence electrons. The molecule has 3 nitrogen and oxygen atoms in total. The molecule has 0 aromatic rings. The Morgan fingerprint density at radius 3 is 2.33 bits per heavy atom. The third-order valence-electron chi connectivity index (χ3n) is 3.28. The molecule has 1 rings (SSSR count). The van der Waals surface area contributed by atoms with Crippen molar-refractivity contribution >= 4 is 5.91 Å². The van der Waals surface area contributed by atoms with Gasteiger partial charge in [0, 0.05) is 13.1 Å². The summed E-state index contributed by atoms with van der Waals surface area (Å²) < 4.78 is 0. The molecule has 0 heterocycles. The molecule has 1 aliphatic carbocycles. The summed E-state index contributed by atoms with van der Waals surface area (Å²) in [7, 11) is 1.84. The van der Waals surface area contributed by atoms with Crippen LogP contribution in [0.25, 0.3) is 0 Å². The van der Waals surface area contributed by atoms with E-state index in [0.29, 0.717) is 6.04 Å². The molecule has 1 aliphatic rings. The third-order valence-corrected chi connectivity index (χ3v) is 3.28. The Bertz CT molecular complexity index is 249. The quantitative estimate of drug-likeness (QED) is 0.654. The summed E-state index contributed by atoms with van der Waals surface area (Å²) in [5.74, 6) is -0.525. The van der Waals surface area contributed by atoms with Crippen molar-refractivity contribution in [3.63, 3.8) is 0 Å². The number of amides is 1. The maximum atomic E-state index is 11.8. The second kappa shape index (κ2) is 5.75. The number of rotatable bonds is 2. The second-order valence-electron chi connectivity index (χ2n) is 4.45. The standard InChI is InChI=1S/C12H20N2O/c1-10(9-13)12(15)14(2)11-7-5-3-4-6-8-11/h10-11H,3-8H2,1-2H3. The molecule has 0 aliphatic heterocycles. The minimum atomic E-state index is -0.502. The van der Waals surface area contributed by atoms with Crippen molar-refractivity contribution in [2.24, 2.45) is 5.92 Å². The van der Waals surface area contributed by atoms with Gasteiger partial charge in [-0.2, -0.15) is 5.26 Å². The average Bonchev–Trinajstić information content (AvgIpc) is 2.54. The predicted octanol–water partition coefficient (Wildman–Crippen LogP) is 2.33. The van der Waals surface area contributed by atoms with Gasteiger partial charge in [0.1, 0.15) is 5.92 Å². The Labute approximate surface area is 92.1 Å². The number of nitrogens with zero attached hydrogens (tertiary/aromatic N) is 2. The highest BCUT2D eigenvalue weighted by atomic mass is 16.2. The number of carbonyl (C=O) groups excluding carboxylic acids is 1. The van der Waals surface area contributed by atoms with Crippen LogP contribution in [-0.4, -0.2) is 23.9 Å². The van der Waals surface area contributed by atoms with Crippen molar-refractivity contribution in [2.75, 3.05) is 7.05 Å². The summed E-state index contributed by atoms with van der Waals surface area (Å²) in [6.45, 7) is 1.68. The van der Waals surface area contributed by atoms with Gasteiger partial charge in [0.25, 0.3) is 0 Å². The molecule has 15 heavy (non-hydrogen) atoms. The zero-order valence-corrected chi connectivity index (χ0v) is 9.70. The lowest BCUT2D eigenvalue weighted by molar-refractivity contribution is -0.134. The molecule has 0 spiro atoms. The summed E-state index contributed by atoms with van der Waals surface area (Å²) in [4.78, 5) is 13.6. The first-order valence-corrected chi connectivity index (χ1v) is 5.83. The fourth-order valence-electron chi connectivity index (χ4n) is 2.19. The number of carbonyl (C=O) groups is 1. The lowest BCUT2D eigenvalue weighted by Gasteiger charge is -2.28. The van der Waals surface area contributed by atoms with E-state index in [0.717, 1.165) is 12.8 Å². The molecule has 0 radical (unpaired) electrons. The van der Waals surface area contributed by atoms with Crippen LogP contribution in [0.1, 0.15) is 45.4 Å². The van der Waals surface area contributed by atoms with Crippen LogP contribution in [0.5, 0.6) is 0 Å². The van der Waals surface area contributed by atoms with Gasteiger partial charge < -0.3 is 4.90 Å². The monoisotopic (exact) mass is 208 g/mol. The van der Waals surface area contributed by atoms with Crippen molar-refractivity contribution < 1.29 is 4.79 Å². The lowest BCUT2D eigenvalue weighted by Crippen LogP contribution is -2.39. The molecule has 1 atom stereocenters. The van der Waals surface area contributed by atoms with Gasteiger partial charge in [0.15, 0.2) is 0 Å². The molecule has 0 saturated heterocycles. The van der Waals surface area contributed by atoms with E-state index < -0.39 is 5.92 Å². The van der Waals surface area contributed by atoms with E-state index >= 15 is 0 Å². The molecule has 3 heteroatoms. The Morgan fingerprint density at radius 2 is 1.87 bits per heavy atom. The minimum Gasteiger partial charge on any atom is -0.342 e. The molecule has 0 N–H and O–H groups in total. The highest BCUT2D eigenvalue weighted by Crippen LogP contribution is 2.21. The summed E-state index contributed by atoms with van der Waals surface area (Å²) in [5, 5.41) is 8.71. The first kappa shape index (κ1) is 12.0. The van der Waals surface area contributed by atoms with E-state index in [2.05, 4.69) is 0 Å². The lowest BCUT2D eigenvalue weighted by atomic mass is 10.1. The molecule has 0 bridgehead atoms. The van der Waals surface area contributed by atoms with Gasteiger partial charge in [-0.3, -0.25) is 4.79 Å². The molecule has 1 unspecified atom stereocenters. The van der Waals surface area contributed by atoms with Gasteiger partial charge in [-0.15, -0.1) is 0 Å². The molecule has 0 aromatic heterocycles. The second-order valence-corrected chi connectivity index (χ2v) is 4.45. The van der Waals surface area contributed by atoms with Gasteiger partial charge in [-0.05, 0) is 19.8 Å². The Balaban J connectivity index is 2.54. The first-order valence-electron chi connectivity index (χ1n) is 5.83. The van der Waals surface area contributed by atoms with E-state index in [4.69, 9.17) is 5.26 Å². The van der Waals surface area contributed by atoms with E-state index in [1.807, 2.05) is 13.1 Å². The fourth-order valence-corrected chi connectivity index (χ4v) is 2.19. The molecule has 1 saturated carbocycles. The summed E-state index contributed by atoms with van der Waals surface area (Å²) in [5.41, 5.74) is 0. The maximum absolute atomic E-state index is 11.8. The zero-order valence-electron chi connectivity index (χ0n) is 9.70. The summed E-state index contributed by atoms with van der Waals surface area (Å²) in [6, 6.07) is 2.37. The van der Waals surface area contributed by atoms with Crippen LogP contribution < -0.4 is 0 Å². The smallest absolute Gasteiger partial charge is 0.239 e. The van der Waals surface area contributed by atoms with E-state index in [-0.39, 0.29) is 5.91 Å². The molecule has 0 aromatic carbocycles. The van der Waals surface area contributed by atoms with Gasteiger partial charge in [-0.25, -0.2) is 0 Å². The van der Waals surface area contributed by atoms with Gasteiger partial charge in [0.05, 0.1) is 6.07 Å². The average molecular weight is 208 g/mol. The van der Waals surface area contributed by atoms with E-state index in [1.165, 1.54) is 25.7 Å². The van der Waals surface area contributed by atoms with Crippen LogP contribution in [0.15, 0.2) is 0 Å². The molecule has 1 amide bonds. The van der Waals surface area contributed by atoms with Gasteiger partial charge in [0.2, 0.25) is 5.91 Å². The largest absolute Gasteiger partial charge is 0.342 e. The number of hydrogen-bond donors (Lipinski definition) is 0. The van der Waals surface area contributed by atoms with Crippen molar-refractivity contribution in [3.8, 4) is 6.07 Å². The number of nitriles is 1. The van der Waals surface area contributed by atoms with Crippen molar-refractivity contribution in [2.45, 2.75) is 51.5 Å². The molecule has 1 fully saturated rings. The number of hydrogen-bond acceptors (Lipinski definition) is 2. The van der Waals surface area contributed by atoms with Crippen LogP contribution in [0.4, 0.5) is 0 Å².